The molecule has 0 radical (unpaired) electrons. The fourth-order valence-electron chi connectivity index (χ4n) is 0.332. The van der Waals surface area contributed by atoms with Crippen molar-refractivity contribution in [2.24, 2.45) is 0 Å². The van der Waals surface area contributed by atoms with Crippen molar-refractivity contribution in [2.75, 3.05) is 0 Å². The fraction of sp³-hybridized carbons (Fsp3) is 0.333. The van der Waals surface area contributed by atoms with E-state index in [1.54, 1.807) is 0 Å². The van der Waals surface area contributed by atoms with E-state index in [1.165, 1.54) is 0 Å². The summed E-state index contributed by atoms with van der Waals surface area (Å²) in [6.07, 6.45) is -3.19. The first kappa shape index (κ1) is 6.06. The van der Waals surface area contributed by atoms with Gasteiger partial charge in [0.15, 0.2) is 0 Å². The molecule has 0 spiro atoms. The molecule has 50 valence electrons. The van der Waals surface area contributed by atoms with Gasteiger partial charge in [-0.05, 0) is 0 Å². The summed E-state index contributed by atoms with van der Waals surface area (Å²) in [6.45, 7) is 0. The number of hydrogen-bond acceptors (Lipinski definition) is 2. The lowest BCUT2D eigenvalue weighted by molar-refractivity contribution is -0.204. The highest BCUT2D eigenvalue weighted by molar-refractivity contribution is 4.62. The first-order valence-corrected chi connectivity index (χ1v) is 2.02. The number of alkyl halides is 3. The standard InChI is InChI=1S/C3H2F3N3/c4-3(5,6)9-1-7-8-2-9/h1-2H. The van der Waals surface area contributed by atoms with Crippen molar-refractivity contribution < 1.29 is 13.2 Å². The van der Waals surface area contributed by atoms with E-state index >= 15 is 0 Å². The number of rotatable bonds is 0. The highest BCUT2D eigenvalue weighted by atomic mass is 19.4. The molecule has 0 bridgehead atoms. The van der Waals surface area contributed by atoms with Crippen LogP contribution in [0.15, 0.2) is 12.7 Å². The lowest BCUT2D eigenvalue weighted by Crippen LogP contribution is -2.13. The van der Waals surface area contributed by atoms with Crippen LogP contribution >= 0.6 is 0 Å². The molecule has 0 aliphatic heterocycles. The summed E-state index contributed by atoms with van der Waals surface area (Å²) in [6, 6.07) is 0. The summed E-state index contributed by atoms with van der Waals surface area (Å²) >= 11 is 0. The predicted molar refractivity (Wildman–Crippen MR) is 21.3 cm³/mol. The lowest BCUT2D eigenvalue weighted by Gasteiger charge is -2.02. The van der Waals surface area contributed by atoms with Gasteiger partial charge < -0.3 is 0 Å². The quantitative estimate of drug-likeness (QED) is 0.528. The average Bonchev–Trinajstić information content (AvgIpc) is 2.08. The van der Waals surface area contributed by atoms with Crippen LogP contribution in [0.3, 0.4) is 0 Å². The van der Waals surface area contributed by atoms with E-state index < -0.39 is 6.30 Å². The molecule has 6 heteroatoms. The molecule has 0 saturated carbocycles. The van der Waals surface area contributed by atoms with Gasteiger partial charge in [0.25, 0.3) is 0 Å². The third kappa shape index (κ3) is 1.18. The zero-order valence-corrected chi connectivity index (χ0v) is 4.13. The summed E-state index contributed by atoms with van der Waals surface area (Å²) < 4.78 is 34.5. The molecule has 3 nitrogen and oxygen atoms in total. The first-order chi connectivity index (χ1) is 4.11. The number of aromatic nitrogens is 3. The van der Waals surface area contributed by atoms with Gasteiger partial charge >= 0.3 is 6.30 Å². The Hall–Kier alpha value is -1.07. The maximum absolute atomic E-state index is 11.5. The van der Waals surface area contributed by atoms with Crippen molar-refractivity contribution in [3.8, 4) is 0 Å². The monoisotopic (exact) mass is 137 g/mol. The Morgan fingerprint density at radius 3 is 1.78 bits per heavy atom. The van der Waals surface area contributed by atoms with Crippen molar-refractivity contribution in [2.45, 2.75) is 6.30 Å². The molecule has 9 heavy (non-hydrogen) atoms. The zero-order valence-electron chi connectivity index (χ0n) is 4.13. The van der Waals surface area contributed by atoms with Crippen molar-refractivity contribution in [1.82, 2.24) is 14.8 Å². The van der Waals surface area contributed by atoms with Crippen LogP contribution in [0.5, 0.6) is 0 Å². The summed E-state index contributed by atoms with van der Waals surface area (Å²) in [5.41, 5.74) is 0. The van der Waals surface area contributed by atoms with E-state index in [0.29, 0.717) is 12.7 Å². The van der Waals surface area contributed by atoms with Gasteiger partial charge in [-0.2, -0.15) is 0 Å². The molecular formula is C3H2F3N3. The average molecular weight is 137 g/mol. The Morgan fingerprint density at radius 1 is 1.11 bits per heavy atom. The third-order valence-corrected chi connectivity index (χ3v) is 0.712. The van der Waals surface area contributed by atoms with Crippen LogP contribution in [0.1, 0.15) is 0 Å². The first-order valence-electron chi connectivity index (χ1n) is 2.02. The minimum Gasteiger partial charge on any atom is -0.229 e. The molecule has 0 aliphatic carbocycles. The molecule has 0 atom stereocenters. The van der Waals surface area contributed by atoms with Crippen molar-refractivity contribution >= 4 is 0 Å². The molecule has 1 aromatic heterocycles. The second-order valence-corrected chi connectivity index (χ2v) is 1.34. The van der Waals surface area contributed by atoms with Crippen LogP contribution in [0.25, 0.3) is 0 Å². The van der Waals surface area contributed by atoms with Crippen molar-refractivity contribution in [1.29, 1.82) is 0 Å². The highest BCUT2D eigenvalue weighted by Crippen LogP contribution is 2.19. The van der Waals surface area contributed by atoms with Crippen LogP contribution in [0.4, 0.5) is 13.2 Å². The van der Waals surface area contributed by atoms with E-state index in [4.69, 9.17) is 0 Å². The van der Waals surface area contributed by atoms with Crippen LogP contribution in [0, 0.1) is 0 Å². The molecule has 0 aromatic carbocycles. The van der Waals surface area contributed by atoms with Crippen LogP contribution in [0.2, 0.25) is 0 Å². The molecule has 0 unspecified atom stereocenters. The molecular weight excluding hydrogens is 135 g/mol. The van der Waals surface area contributed by atoms with Gasteiger partial charge in [-0.15, -0.1) is 23.4 Å². The molecule has 0 aliphatic rings. The number of hydrogen-bond donors (Lipinski definition) is 0. The van der Waals surface area contributed by atoms with Gasteiger partial charge in [-0.25, -0.2) is 4.57 Å². The van der Waals surface area contributed by atoms with E-state index in [-0.39, 0.29) is 4.57 Å². The minimum absolute atomic E-state index is 0.0347. The largest absolute Gasteiger partial charge is 0.490 e. The fourth-order valence-corrected chi connectivity index (χ4v) is 0.332. The number of halogens is 3. The highest BCUT2D eigenvalue weighted by Gasteiger charge is 2.29. The Bertz CT molecular complexity index is 177. The summed E-state index contributed by atoms with van der Waals surface area (Å²) in [7, 11) is 0. The van der Waals surface area contributed by atoms with E-state index in [9.17, 15) is 13.2 Å². The van der Waals surface area contributed by atoms with Gasteiger partial charge in [0, 0.05) is 0 Å². The summed E-state index contributed by atoms with van der Waals surface area (Å²) in [5.74, 6) is 0. The Balaban J connectivity index is 2.90. The molecule has 1 aromatic rings. The lowest BCUT2D eigenvalue weighted by atomic mass is 11.0. The molecule has 1 heterocycles. The minimum atomic E-state index is -4.39. The normalized spacial score (nSPS) is 11.9. The second kappa shape index (κ2) is 1.71. The van der Waals surface area contributed by atoms with E-state index in [2.05, 4.69) is 10.2 Å². The molecule has 0 amide bonds. The Morgan fingerprint density at radius 2 is 1.56 bits per heavy atom. The molecule has 0 N–H and O–H groups in total. The van der Waals surface area contributed by atoms with Crippen LogP contribution in [-0.2, 0) is 6.30 Å². The van der Waals surface area contributed by atoms with Crippen molar-refractivity contribution in [3.63, 3.8) is 0 Å². The van der Waals surface area contributed by atoms with Gasteiger partial charge in [0.05, 0.1) is 0 Å². The zero-order chi connectivity index (χ0) is 6.91. The maximum Gasteiger partial charge on any atom is 0.490 e. The third-order valence-electron chi connectivity index (χ3n) is 0.712. The number of nitrogens with zero attached hydrogens (tertiary/aromatic N) is 3. The summed E-state index contributed by atoms with van der Waals surface area (Å²) in [4.78, 5) is 0. The van der Waals surface area contributed by atoms with E-state index in [1.807, 2.05) is 0 Å². The van der Waals surface area contributed by atoms with Gasteiger partial charge in [0.1, 0.15) is 12.7 Å². The van der Waals surface area contributed by atoms with Gasteiger partial charge in [0.2, 0.25) is 0 Å². The molecule has 0 fully saturated rings. The van der Waals surface area contributed by atoms with Gasteiger partial charge in [-0.3, -0.25) is 0 Å². The Labute approximate surface area is 48.1 Å². The van der Waals surface area contributed by atoms with Crippen molar-refractivity contribution in [3.05, 3.63) is 12.7 Å². The van der Waals surface area contributed by atoms with Crippen LogP contribution < -0.4 is 0 Å². The van der Waals surface area contributed by atoms with Gasteiger partial charge in [-0.1, -0.05) is 0 Å². The van der Waals surface area contributed by atoms with Crippen LogP contribution in [-0.4, -0.2) is 14.8 Å². The smallest absolute Gasteiger partial charge is 0.229 e. The topological polar surface area (TPSA) is 30.7 Å². The van der Waals surface area contributed by atoms with E-state index in [0.717, 1.165) is 0 Å². The molecule has 1 rings (SSSR count). The SMILES string of the molecule is FC(F)(F)n1cnnc1. The predicted octanol–water partition coefficient (Wildman–Crippen LogP) is 0.754. The molecule has 0 saturated heterocycles. The Kier molecular flexibility index (Phi) is 1.15. The maximum atomic E-state index is 11.5. The summed E-state index contributed by atoms with van der Waals surface area (Å²) in [5, 5.41) is 5.96. The second-order valence-electron chi connectivity index (χ2n) is 1.34.